The normalized spacial score (nSPS) is 14.4. The Morgan fingerprint density at radius 1 is 0.755 bits per heavy atom. The van der Waals surface area contributed by atoms with Gasteiger partial charge >= 0.3 is 6.18 Å². The van der Waals surface area contributed by atoms with Crippen LogP contribution in [-0.2, 0) is 39.2 Å². The number of aromatic nitrogens is 2. The highest BCUT2D eigenvalue weighted by Gasteiger charge is 2.33. The minimum absolute atomic E-state index is 0.0505. The minimum Gasteiger partial charge on any atom is -0.367 e. The number of nitrogens with one attached hydrogen (secondary N) is 1. The van der Waals surface area contributed by atoms with Crippen LogP contribution < -0.4 is 5.43 Å². The molecule has 0 bridgehead atoms. The third kappa shape index (κ3) is 11.7. The third-order valence-electron chi connectivity index (χ3n) is 7.98. The standard InChI is InChI=1S/C19H15F5N2O.C18H17Cl3FN3O/c20-14-5-6-15(17(21)9-14)18(10-26-8-7-25-12-26)27-11-13-3-1-2-4-16(13)19(22,23)24;19-18(20,21)16-4-2-1-3-14(16)10-26-17(9-25-12-23-11-24-25)13-5-7-15(22)8-6-13/h1-9,12,18H,10-11H2;1-8,11,17H,9-10,12H2,(H,23,24). The summed E-state index contributed by atoms with van der Waals surface area (Å²) in [6, 6.07) is 21.6. The molecule has 7 nitrogen and oxygen atoms in total. The Morgan fingerprint density at radius 3 is 1.96 bits per heavy atom. The molecule has 0 saturated heterocycles. The van der Waals surface area contributed by atoms with Gasteiger partial charge in [0.25, 0.3) is 0 Å². The lowest BCUT2D eigenvalue weighted by Crippen LogP contribution is -2.36. The van der Waals surface area contributed by atoms with E-state index in [1.54, 1.807) is 35.3 Å². The molecule has 1 aliphatic heterocycles. The van der Waals surface area contributed by atoms with E-state index >= 15 is 0 Å². The number of ether oxygens (including phenoxy) is 2. The van der Waals surface area contributed by atoms with Gasteiger partial charge in [0.15, 0.2) is 0 Å². The fourth-order valence-corrected chi connectivity index (χ4v) is 5.91. The lowest BCUT2D eigenvalue weighted by Gasteiger charge is -2.25. The SMILES string of the molecule is Fc1ccc(C(CN2CN=CN2)OCc2ccccc2C(Cl)(Cl)Cl)cc1.Fc1ccc(C(Cn2ccnc2)OCc2ccccc2C(F)(F)F)c(F)c1. The van der Waals surface area contributed by atoms with Gasteiger partial charge in [-0.15, -0.1) is 0 Å². The van der Waals surface area contributed by atoms with Crippen molar-refractivity contribution in [3.05, 3.63) is 161 Å². The van der Waals surface area contributed by atoms with Crippen molar-refractivity contribution in [1.82, 2.24) is 20.0 Å². The number of benzene rings is 4. The minimum atomic E-state index is -4.53. The summed E-state index contributed by atoms with van der Waals surface area (Å²) in [5.74, 6) is -1.87. The predicted octanol–water partition coefficient (Wildman–Crippen LogP) is 9.85. The first-order valence-corrected chi connectivity index (χ1v) is 17.1. The molecule has 16 heteroatoms. The number of hydrazine groups is 1. The number of rotatable bonds is 12. The van der Waals surface area contributed by atoms with Crippen molar-refractivity contribution >= 4 is 41.1 Å². The largest absolute Gasteiger partial charge is 0.416 e. The Hall–Kier alpha value is -4.11. The summed E-state index contributed by atoms with van der Waals surface area (Å²) in [7, 11) is 0. The van der Waals surface area contributed by atoms with Crippen molar-refractivity contribution in [3.63, 3.8) is 0 Å². The Labute approximate surface area is 316 Å². The molecule has 0 saturated carbocycles. The van der Waals surface area contributed by atoms with Crippen molar-refractivity contribution in [2.45, 2.75) is 41.9 Å². The van der Waals surface area contributed by atoms with Crippen LogP contribution in [0.5, 0.6) is 0 Å². The van der Waals surface area contributed by atoms with Gasteiger partial charge in [-0.1, -0.05) is 95.5 Å². The van der Waals surface area contributed by atoms with E-state index in [2.05, 4.69) is 15.4 Å². The molecule has 53 heavy (non-hydrogen) atoms. The summed E-state index contributed by atoms with van der Waals surface area (Å²) < 4.78 is 91.9. The van der Waals surface area contributed by atoms with Crippen LogP contribution in [0.1, 0.15) is 45.6 Å². The quantitative estimate of drug-likeness (QED) is 0.101. The first-order valence-electron chi connectivity index (χ1n) is 16.0. The smallest absolute Gasteiger partial charge is 0.367 e. The number of hydrogen-bond donors (Lipinski definition) is 1. The Kier molecular flexibility index (Phi) is 13.8. The van der Waals surface area contributed by atoms with Crippen LogP contribution in [0.25, 0.3) is 0 Å². The molecule has 4 aromatic carbocycles. The molecule has 1 aliphatic rings. The molecule has 2 heterocycles. The van der Waals surface area contributed by atoms with Crippen LogP contribution >= 0.6 is 34.8 Å². The molecule has 0 fully saturated rings. The van der Waals surface area contributed by atoms with Gasteiger partial charge in [-0.25, -0.2) is 18.2 Å². The van der Waals surface area contributed by atoms with Crippen LogP contribution in [0.15, 0.2) is 115 Å². The number of imidazole rings is 1. The highest BCUT2D eigenvalue weighted by molar-refractivity contribution is 6.66. The molecule has 0 spiro atoms. The fraction of sp³-hybridized carbons (Fsp3) is 0.243. The van der Waals surface area contributed by atoms with Gasteiger partial charge in [0.1, 0.15) is 30.2 Å². The van der Waals surface area contributed by atoms with Crippen LogP contribution in [0, 0.1) is 17.5 Å². The molecule has 1 aromatic heterocycles. The highest BCUT2D eigenvalue weighted by atomic mass is 35.6. The van der Waals surface area contributed by atoms with Crippen molar-refractivity contribution in [1.29, 1.82) is 0 Å². The topological polar surface area (TPSA) is 63.9 Å². The zero-order valence-electron chi connectivity index (χ0n) is 27.7. The average Bonchev–Trinajstić information content (AvgIpc) is 3.84. The zero-order chi connectivity index (χ0) is 38.0. The summed E-state index contributed by atoms with van der Waals surface area (Å²) in [6.45, 7) is 1.02. The summed E-state index contributed by atoms with van der Waals surface area (Å²) in [4.78, 5) is 7.99. The number of nitrogens with zero attached hydrogens (tertiary/aromatic N) is 4. The van der Waals surface area contributed by atoms with Crippen molar-refractivity contribution in [2.24, 2.45) is 4.99 Å². The molecule has 6 rings (SSSR count). The van der Waals surface area contributed by atoms with E-state index in [0.717, 1.165) is 23.3 Å². The first-order chi connectivity index (χ1) is 25.3. The zero-order valence-corrected chi connectivity index (χ0v) is 29.9. The molecule has 1 N–H and O–H groups in total. The second-order valence-corrected chi connectivity index (χ2v) is 14.0. The molecule has 280 valence electrons. The molecule has 2 unspecified atom stereocenters. The third-order valence-corrected chi connectivity index (χ3v) is 8.59. The first kappa shape index (κ1) is 40.1. The number of aliphatic imine (C=N–C) groups is 1. The number of alkyl halides is 6. The summed E-state index contributed by atoms with van der Waals surface area (Å²) >= 11 is 18.1. The maximum Gasteiger partial charge on any atom is 0.416 e. The number of halogens is 9. The van der Waals surface area contributed by atoms with Crippen LogP contribution in [0.3, 0.4) is 0 Å². The lowest BCUT2D eigenvalue weighted by atomic mass is 10.1. The average molecular weight is 799 g/mol. The predicted molar refractivity (Wildman–Crippen MR) is 190 cm³/mol. The van der Waals surface area contributed by atoms with Crippen LogP contribution in [0.4, 0.5) is 26.3 Å². The van der Waals surface area contributed by atoms with Gasteiger partial charge in [0, 0.05) is 29.6 Å². The molecule has 0 aliphatic carbocycles. The van der Waals surface area contributed by atoms with E-state index in [1.165, 1.54) is 48.9 Å². The van der Waals surface area contributed by atoms with Crippen LogP contribution in [-0.4, -0.2) is 34.1 Å². The highest BCUT2D eigenvalue weighted by Crippen LogP contribution is 2.40. The molecular weight excluding hydrogens is 767 g/mol. The van der Waals surface area contributed by atoms with E-state index in [4.69, 9.17) is 44.3 Å². The van der Waals surface area contributed by atoms with Crippen LogP contribution in [0.2, 0.25) is 0 Å². The second-order valence-electron chi connectivity index (χ2n) is 11.7. The molecule has 0 amide bonds. The molecule has 5 aromatic rings. The number of hydrogen-bond acceptors (Lipinski definition) is 6. The van der Waals surface area contributed by atoms with E-state index in [9.17, 15) is 26.3 Å². The van der Waals surface area contributed by atoms with Gasteiger partial charge in [0.2, 0.25) is 3.79 Å². The maximum atomic E-state index is 14.2. The Morgan fingerprint density at radius 2 is 1.38 bits per heavy atom. The van der Waals surface area contributed by atoms with E-state index in [-0.39, 0.29) is 42.8 Å². The molecule has 2 atom stereocenters. The maximum absolute atomic E-state index is 14.2. The summed E-state index contributed by atoms with van der Waals surface area (Å²) in [5, 5.41) is 1.90. The summed E-state index contributed by atoms with van der Waals surface area (Å²) in [5.41, 5.74) is 4.41. The lowest BCUT2D eigenvalue weighted by molar-refractivity contribution is -0.139. The van der Waals surface area contributed by atoms with Gasteiger partial charge in [0.05, 0.1) is 50.6 Å². The Balaban J connectivity index is 0.000000204. The van der Waals surface area contributed by atoms with Gasteiger partial charge in [-0.2, -0.15) is 18.2 Å². The Bertz CT molecular complexity index is 1940. The van der Waals surface area contributed by atoms with Gasteiger partial charge in [-0.3, -0.25) is 4.99 Å². The van der Waals surface area contributed by atoms with E-state index in [1.807, 2.05) is 23.2 Å². The van der Waals surface area contributed by atoms with Crippen molar-refractivity contribution < 1.29 is 35.8 Å². The molecular formula is C37H32Cl3F6N5O2. The van der Waals surface area contributed by atoms with Crippen molar-refractivity contribution in [2.75, 3.05) is 13.2 Å². The monoisotopic (exact) mass is 797 g/mol. The van der Waals surface area contributed by atoms with Gasteiger partial charge < -0.3 is 19.5 Å². The van der Waals surface area contributed by atoms with Gasteiger partial charge in [-0.05, 0) is 41.0 Å². The fourth-order valence-electron chi connectivity index (χ4n) is 5.36. The van der Waals surface area contributed by atoms with E-state index < -0.39 is 33.3 Å². The second kappa shape index (κ2) is 18.3. The van der Waals surface area contributed by atoms with E-state index in [0.29, 0.717) is 24.8 Å². The molecule has 0 radical (unpaired) electrons. The van der Waals surface area contributed by atoms with Crippen molar-refractivity contribution in [3.8, 4) is 0 Å². The summed E-state index contributed by atoms with van der Waals surface area (Å²) in [6.07, 6.45) is 0.454.